The molecule has 112 valence electrons. The van der Waals surface area contributed by atoms with Gasteiger partial charge in [0.15, 0.2) is 6.29 Å². The monoisotopic (exact) mass is 301 g/mol. The topological polar surface area (TPSA) is 29.1 Å². The lowest BCUT2D eigenvalue weighted by Crippen LogP contribution is -2.01. The Morgan fingerprint density at radius 1 is 1.10 bits per heavy atom. The van der Waals surface area contributed by atoms with Gasteiger partial charge in [0.1, 0.15) is 0 Å². The fraction of sp³-hybridized carbons (Fsp3) is 0.389. The van der Waals surface area contributed by atoms with E-state index in [0.717, 1.165) is 24.1 Å². The molecule has 0 fully saturated rings. The van der Waals surface area contributed by atoms with E-state index in [9.17, 15) is 4.79 Å². The van der Waals surface area contributed by atoms with Crippen LogP contribution in [0, 0.1) is 0 Å². The molecule has 2 rings (SSSR count). The highest BCUT2D eigenvalue weighted by Crippen LogP contribution is 2.21. The van der Waals surface area contributed by atoms with E-state index in [1.807, 2.05) is 12.1 Å². The molecule has 1 aromatic carbocycles. The zero-order valence-electron chi connectivity index (χ0n) is 12.6. The van der Waals surface area contributed by atoms with Crippen molar-refractivity contribution < 1.29 is 4.79 Å². The van der Waals surface area contributed by atoms with Gasteiger partial charge in [-0.25, -0.2) is 0 Å². The Morgan fingerprint density at radius 2 is 1.95 bits per heavy atom. The van der Waals surface area contributed by atoms with E-state index >= 15 is 0 Å². The molecule has 0 spiro atoms. The third-order valence-electron chi connectivity index (χ3n) is 3.57. The SMILES string of the molecule is CCCCCCc1ccccc1NCc1ccc(C=O)s1. The van der Waals surface area contributed by atoms with Crippen LogP contribution in [0.15, 0.2) is 36.4 Å². The van der Waals surface area contributed by atoms with Crippen molar-refractivity contribution in [1.82, 2.24) is 0 Å². The van der Waals surface area contributed by atoms with Gasteiger partial charge in [0.05, 0.1) is 4.88 Å². The second-order valence-corrected chi connectivity index (χ2v) is 6.44. The predicted molar refractivity (Wildman–Crippen MR) is 91.3 cm³/mol. The Labute approximate surface area is 131 Å². The number of hydrogen-bond donors (Lipinski definition) is 1. The summed E-state index contributed by atoms with van der Waals surface area (Å²) in [5.41, 5.74) is 2.61. The number of anilines is 1. The van der Waals surface area contributed by atoms with Crippen LogP contribution in [0.25, 0.3) is 0 Å². The van der Waals surface area contributed by atoms with Crippen molar-refractivity contribution in [3.05, 3.63) is 51.7 Å². The largest absolute Gasteiger partial charge is 0.380 e. The van der Waals surface area contributed by atoms with Crippen LogP contribution < -0.4 is 5.32 Å². The van der Waals surface area contributed by atoms with Crippen molar-refractivity contribution in [3.8, 4) is 0 Å². The number of unbranched alkanes of at least 4 members (excludes halogenated alkanes) is 3. The predicted octanol–water partition coefficient (Wildman–Crippen LogP) is 5.30. The second-order valence-electron chi connectivity index (χ2n) is 5.24. The quantitative estimate of drug-likeness (QED) is 0.503. The number of aldehydes is 1. The standard InChI is InChI=1S/C18H23NOS/c1-2-3-4-5-8-15-9-6-7-10-18(15)19-13-16-11-12-17(14-20)21-16/h6-7,9-12,14,19H,2-5,8,13H2,1H3. The second kappa shape index (κ2) is 8.63. The lowest BCUT2D eigenvalue weighted by atomic mass is 10.0. The lowest BCUT2D eigenvalue weighted by Gasteiger charge is -2.11. The average molecular weight is 301 g/mol. The number of aryl methyl sites for hydroxylation is 1. The zero-order valence-corrected chi connectivity index (χ0v) is 13.4. The molecule has 0 radical (unpaired) electrons. The van der Waals surface area contributed by atoms with E-state index < -0.39 is 0 Å². The molecule has 0 saturated carbocycles. The fourth-order valence-corrected chi connectivity index (χ4v) is 3.16. The molecule has 0 aliphatic carbocycles. The van der Waals surface area contributed by atoms with E-state index in [1.165, 1.54) is 41.8 Å². The van der Waals surface area contributed by atoms with Crippen LogP contribution >= 0.6 is 11.3 Å². The highest BCUT2D eigenvalue weighted by Gasteiger charge is 2.03. The molecular formula is C18H23NOS. The molecule has 0 aliphatic rings. The van der Waals surface area contributed by atoms with Crippen molar-refractivity contribution in [1.29, 1.82) is 0 Å². The number of para-hydroxylation sites is 1. The first-order valence-electron chi connectivity index (χ1n) is 7.69. The summed E-state index contributed by atoms with van der Waals surface area (Å²) in [6.07, 6.45) is 7.19. The summed E-state index contributed by atoms with van der Waals surface area (Å²) in [7, 11) is 0. The molecule has 0 atom stereocenters. The molecule has 1 N–H and O–H groups in total. The fourth-order valence-electron chi connectivity index (χ4n) is 2.39. The molecule has 3 heteroatoms. The van der Waals surface area contributed by atoms with Gasteiger partial charge in [-0.3, -0.25) is 4.79 Å². The van der Waals surface area contributed by atoms with Gasteiger partial charge in [-0.05, 0) is 36.6 Å². The Kier molecular flexibility index (Phi) is 6.48. The minimum atomic E-state index is 0.782. The molecule has 1 aromatic heterocycles. The van der Waals surface area contributed by atoms with Crippen molar-refractivity contribution >= 4 is 23.3 Å². The highest BCUT2D eigenvalue weighted by molar-refractivity contribution is 7.13. The molecule has 0 saturated heterocycles. The van der Waals surface area contributed by atoms with Crippen molar-refractivity contribution in [3.63, 3.8) is 0 Å². The first kappa shape index (κ1) is 15.8. The normalized spacial score (nSPS) is 10.5. The number of carbonyl (C=O) groups is 1. The molecule has 0 unspecified atom stereocenters. The van der Waals surface area contributed by atoms with E-state index in [-0.39, 0.29) is 0 Å². The number of thiophene rings is 1. The maximum atomic E-state index is 10.7. The van der Waals surface area contributed by atoms with Gasteiger partial charge in [0, 0.05) is 17.1 Å². The Hall–Kier alpha value is -1.61. The highest BCUT2D eigenvalue weighted by atomic mass is 32.1. The van der Waals surface area contributed by atoms with Crippen LogP contribution in [0.5, 0.6) is 0 Å². The molecule has 2 aromatic rings. The maximum Gasteiger partial charge on any atom is 0.160 e. The number of hydrogen-bond acceptors (Lipinski definition) is 3. The summed E-state index contributed by atoms with van der Waals surface area (Å²) in [6.45, 7) is 3.02. The van der Waals surface area contributed by atoms with Gasteiger partial charge in [0.2, 0.25) is 0 Å². The van der Waals surface area contributed by atoms with Crippen LogP contribution in [0.1, 0.15) is 52.7 Å². The molecular weight excluding hydrogens is 278 g/mol. The minimum absolute atomic E-state index is 0.782. The molecule has 0 bridgehead atoms. The van der Waals surface area contributed by atoms with Gasteiger partial charge in [-0.2, -0.15) is 0 Å². The van der Waals surface area contributed by atoms with Crippen molar-refractivity contribution in [2.45, 2.75) is 45.6 Å². The summed E-state index contributed by atoms with van der Waals surface area (Å²) in [5.74, 6) is 0. The zero-order chi connectivity index (χ0) is 14.9. The van der Waals surface area contributed by atoms with E-state index in [0.29, 0.717) is 0 Å². The smallest absolute Gasteiger partial charge is 0.160 e. The molecule has 1 heterocycles. The van der Waals surface area contributed by atoms with Crippen LogP contribution in [0.2, 0.25) is 0 Å². The third-order valence-corrected chi connectivity index (χ3v) is 4.58. The third kappa shape index (κ3) is 5.01. The Balaban J connectivity index is 1.91. The summed E-state index contributed by atoms with van der Waals surface area (Å²) in [6, 6.07) is 12.4. The first-order chi connectivity index (χ1) is 10.3. The van der Waals surface area contributed by atoms with E-state index in [4.69, 9.17) is 0 Å². The van der Waals surface area contributed by atoms with E-state index in [2.05, 4.69) is 36.5 Å². The molecule has 2 nitrogen and oxygen atoms in total. The lowest BCUT2D eigenvalue weighted by molar-refractivity contribution is 0.112. The Bertz CT molecular complexity index is 562. The first-order valence-corrected chi connectivity index (χ1v) is 8.50. The van der Waals surface area contributed by atoms with Gasteiger partial charge in [0.25, 0.3) is 0 Å². The summed E-state index contributed by atoms with van der Waals surface area (Å²) >= 11 is 1.55. The number of carbonyl (C=O) groups excluding carboxylic acids is 1. The van der Waals surface area contributed by atoms with Gasteiger partial charge < -0.3 is 5.32 Å². The maximum absolute atomic E-state index is 10.7. The molecule has 0 aliphatic heterocycles. The summed E-state index contributed by atoms with van der Waals surface area (Å²) in [5, 5.41) is 3.50. The minimum Gasteiger partial charge on any atom is -0.380 e. The molecule has 0 amide bonds. The van der Waals surface area contributed by atoms with Gasteiger partial charge >= 0.3 is 0 Å². The average Bonchev–Trinajstić information content (AvgIpc) is 2.98. The number of nitrogens with one attached hydrogen (secondary N) is 1. The van der Waals surface area contributed by atoms with Crippen LogP contribution in [-0.4, -0.2) is 6.29 Å². The van der Waals surface area contributed by atoms with Crippen LogP contribution in [0.3, 0.4) is 0 Å². The number of benzene rings is 1. The summed E-state index contributed by atoms with van der Waals surface area (Å²) in [4.78, 5) is 12.7. The summed E-state index contributed by atoms with van der Waals surface area (Å²) < 4.78 is 0. The Morgan fingerprint density at radius 3 is 2.71 bits per heavy atom. The van der Waals surface area contributed by atoms with E-state index in [1.54, 1.807) is 11.3 Å². The molecule has 21 heavy (non-hydrogen) atoms. The van der Waals surface area contributed by atoms with Gasteiger partial charge in [-0.1, -0.05) is 44.4 Å². The van der Waals surface area contributed by atoms with Crippen LogP contribution in [0.4, 0.5) is 5.69 Å². The van der Waals surface area contributed by atoms with Crippen LogP contribution in [-0.2, 0) is 13.0 Å². The number of rotatable bonds is 9. The van der Waals surface area contributed by atoms with Crippen molar-refractivity contribution in [2.24, 2.45) is 0 Å². The van der Waals surface area contributed by atoms with Crippen molar-refractivity contribution in [2.75, 3.05) is 5.32 Å². The van der Waals surface area contributed by atoms with Gasteiger partial charge in [-0.15, -0.1) is 11.3 Å².